The van der Waals surface area contributed by atoms with Gasteiger partial charge in [0.15, 0.2) is 36.8 Å². The van der Waals surface area contributed by atoms with E-state index in [-0.39, 0.29) is 70.3 Å². The van der Waals surface area contributed by atoms with Crippen molar-refractivity contribution in [1.82, 2.24) is 0 Å². The Hall–Kier alpha value is -6.94. The first-order chi connectivity index (χ1) is 46.2. The van der Waals surface area contributed by atoms with Crippen LogP contribution in [0.4, 0.5) is 26.3 Å². The standard InChI is InChI=1S/C21H31F3O4.C20H29F3O7S.C18H13OS.C18H13S/c1-5-15(21(22,23)24)27-17(26)19-8-13-7-14(9-19)11-20(10-13,12-19)28-16(25)18(3,4)6-2;1-4-17(2,3)15(24)30-19-8-12-5-13(9-19)7-18(6-12,11-19)16(25)29-14(20(21,22)23)10-31(26,27)28;1-2-8-14(9-3-1)20-17-12-6-4-10-15(17)19-16-11-5-7-13-18(16)20;1-2-8-14(9-3-1)19-17-12-6-4-10-15(17)16-11-5-7-13-18(16)19/h13-15H,5-12H2,1-4H3;12-14H,4-11H2,1-3H3,(H,26,27,28);1-13H;1-13H/q;;2*+1/p-1. The van der Waals surface area contributed by atoms with Gasteiger partial charge in [0.2, 0.25) is 15.9 Å². The third-order valence-electron chi connectivity index (χ3n) is 21.1. The smallest absolute Gasteiger partial charge is 0.426 e. The molecule has 524 valence electrons. The van der Waals surface area contributed by atoms with E-state index in [1.165, 1.54) is 46.7 Å². The van der Waals surface area contributed by atoms with E-state index in [0.717, 1.165) is 24.3 Å². The van der Waals surface area contributed by atoms with Gasteiger partial charge in [-0.3, -0.25) is 19.2 Å². The zero-order valence-corrected chi connectivity index (χ0v) is 58.6. The summed E-state index contributed by atoms with van der Waals surface area (Å²) in [4.78, 5) is 56.6. The molecule has 1 aliphatic heterocycles. The fourth-order valence-electron chi connectivity index (χ4n) is 16.4. The molecule has 21 heteroatoms. The Morgan fingerprint density at radius 2 is 0.867 bits per heavy atom. The van der Waals surface area contributed by atoms with E-state index in [1.807, 2.05) is 52.0 Å². The van der Waals surface area contributed by atoms with Gasteiger partial charge in [-0.15, -0.1) is 0 Å². The molecular weight excluding hydrogens is 1330 g/mol. The number of halogens is 6. The Bertz CT molecular complexity index is 4040. The molecule has 6 aromatic carbocycles. The number of fused-ring (bicyclic) bond motifs is 5. The largest absolute Gasteiger partial charge is 0.748 e. The van der Waals surface area contributed by atoms with Gasteiger partial charge in [0, 0.05) is 34.1 Å². The van der Waals surface area contributed by atoms with Gasteiger partial charge in [0.05, 0.1) is 37.5 Å². The Balaban J connectivity index is 0.000000135. The second-order valence-electron chi connectivity index (χ2n) is 29.3. The highest BCUT2D eigenvalue weighted by atomic mass is 32.2. The number of esters is 4. The number of benzene rings is 6. The van der Waals surface area contributed by atoms with Crippen molar-refractivity contribution in [3.8, 4) is 16.4 Å². The Labute approximate surface area is 574 Å². The second-order valence-corrected chi connectivity index (χ2v) is 34.7. The summed E-state index contributed by atoms with van der Waals surface area (Å²) in [5.41, 5.74) is -5.28. The molecular formula is C77H85F6O12S3+. The van der Waals surface area contributed by atoms with Crippen molar-refractivity contribution in [2.45, 2.75) is 195 Å². The maximum Gasteiger partial charge on any atom is 0.426 e. The quantitative estimate of drug-likeness (QED) is 0.0313. The lowest BCUT2D eigenvalue weighted by Crippen LogP contribution is -2.61. The Morgan fingerprint density at radius 1 is 0.510 bits per heavy atom. The number of thiophene rings is 1. The first kappa shape index (κ1) is 72.3. The normalized spacial score (nSPS) is 25.7. The average Bonchev–Trinajstić information content (AvgIpc) is 0.954. The van der Waals surface area contributed by atoms with Crippen LogP contribution < -0.4 is 4.74 Å². The number of ether oxygens (including phenoxy) is 5. The fourth-order valence-corrected chi connectivity index (χ4v) is 21.7. The van der Waals surface area contributed by atoms with E-state index in [1.54, 1.807) is 13.8 Å². The summed E-state index contributed by atoms with van der Waals surface area (Å²) in [5, 5.41) is 2.79. The molecule has 12 nitrogen and oxygen atoms in total. The zero-order chi connectivity index (χ0) is 70.4. The third kappa shape index (κ3) is 15.4. The van der Waals surface area contributed by atoms with Crippen molar-refractivity contribution in [3.05, 3.63) is 158 Å². The van der Waals surface area contributed by atoms with Crippen molar-refractivity contribution >= 4 is 75.5 Å². The van der Waals surface area contributed by atoms with Crippen LogP contribution >= 0.6 is 10.5 Å². The van der Waals surface area contributed by atoms with Crippen molar-refractivity contribution in [2.75, 3.05) is 5.75 Å². The first-order valence-electron chi connectivity index (χ1n) is 33.8. The van der Waals surface area contributed by atoms with Gasteiger partial charge in [-0.1, -0.05) is 106 Å². The number of hydrogen-bond acceptors (Lipinski definition) is 12. The van der Waals surface area contributed by atoms with Gasteiger partial charge >= 0.3 is 36.2 Å². The molecule has 0 saturated heterocycles. The van der Waals surface area contributed by atoms with Crippen LogP contribution in [0.1, 0.15) is 145 Å². The number of carbonyl (C=O) groups is 4. The summed E-state index contributed by atoms with van der Waals surface area (Å²) in [6, 6.07) is 55.7. The number of rotatable bonds is 15. The summed E-state index contributed by atoms with van der Waals surface area (Å²) in [6.45, 7) is 12.3. The van der Waals surface area contributed by atoms with Crippen LogP contribution in [0.2, 0.25) is 0 Å². The molecule has 8 fully saturated rings. The van der Waals surface area contributed by atoms with Crippen LogP contribution in [-0.2, 0) is 59.1 Å². The predicted molar refractivity (Wildman–Crippen MR) is 364 cm³/mol. The molecule has 0 N–H and O–H groups in total. The molecule has 2 heterocycles. The van der Waals surface area contributed by atoms with Crippen molar-refractivity contribution in [3.63, 3.8) is 0 Å². The highest BCUT2D eigenvalue weighted by Gasteiger charge is 2.66. The number of hydrogen-bond donors (Lipinski definition) is 0. The molecule has 8 saturated carbocycles. The average molecular weight is 1410 g/mol. The minimum atomic E-state index is -5.27. The van der Waals surface area contributed by atoms with Crippen LogP contribution in [0.5, 0.6) is 11.5 Å². The summed E-state index contributed by atoms with van der Waals surface area (Å²) in [7, 11) is -5.30. The van der Waals surface area contributed by atoms with Crippen molar-refractivity contribution in [1.29, 1.82) is 0 Å². The monoisotopic (exact) mass is 1410 g/mol. The topological polar surface area (TPSA) is 172 Å². The second kappa shape index (κ2) is 27.9. The highest BCUT2D eigenvalue weighted by Crippen LogP contribution is 2.65. The van der Waals surface area contributed by atoms with E-state index >= 15 is 0 Å². The molecule has 8 aliphatic carbocycles. The minimum Gasteiger partial charge on any atom is -0.748 e. The molecule has 8 bridgehead atoms. The first-order valence-corrected chi connectivity index (χ1v) is 37.8. The van der Waals surface area contributed by atoms with Crippen molar-refractivity contribution < 1.29 is 82.2 Å². The molecule has 6 atom stereocenters. The molecule has 9 aliphatic rings. The molecule has 1 aromatic heterocycles. The number of alkyl halides is 6. The minimum absolute atomic E-state index is 0.00100. The van der Waals surface area contributed by atoms with Gasteiger partial charge < -0.3 is 28.2 Å². The number of para-hydroxylation sites is 2. The molecule has 7 aromatic rings. The van der Waals surface area contributed by atoms with Gasteiger partial charge in [-0.05, 0) is 208 Å². The number of carbonyl (C=O) groups excluding carboxylic acids is 4. The molecule has 0 radical (unpaired) electrons. The summed E-state index contributed by atoms with van der Waals surface area (Å²) >= 11 is 0. The molecule has 98 heavy (non-hydrogen) atoms. The third-order valence-corrected chi connectivity index (χ3v) is 26.5. The van der Waals surface area contributed by atoms with Gasteiger partial charge in [-0.2, -0.15) is 26.3 Å². The molecule has 16 rings (SSSR count). The van der Waals surface area contributed by atoms with Crippen LogP contribution in [-0.4, -0.2) is 78.4 Å². The Kier molecular flexibility index (Phi) is 20.6. The van der Waals surface area contributed by atoms with Gasteiger partial charge in [0.1, 0.15) is 22.1 Å². The fraction of sp³-hybridized carbons (Fsp3) is 0.481. The lowest BCUT2D eigenvalue weighted by molar-refractivity contribution is -0.242. The van der Waals surface area contributed by atoms with Crippen LogP contribution in [0.15, 0.2) is 172 Å². The van der Waals surface area contributed by atoms with E-state index in [9.17, 15) is 58.5 Å². The summed E-state index contributed by atoms with van der Waals surface area (Å²) in [5.74, 6) is -2.17. The van der Waals surface area contributed by atoms with E-state index in [4.69, 9.17) is 18.9 Å². The van der Waals surface area contributed by atoms with Crippen molar-refractivity contribution in [2.24, 2.45) is 45.3 Å². The zero-order valence-electron chi connectivity index (χ0n) is 56.2. The lowest BCUT2D eigenvalue weighted by Gasteiger charge is -2.60. The Morgan fingerprint density at radius 3 is 1.24 bits per heavy atom. The van der Waals surface area contributed by atoms with Gasteiger partial charge in [0.25, 0.3) is 0 Å². The highest BCUT2D eigenvalue weighted by molar-refractivity contribution is 7.97. The van der Waals surface area contributed by atoms with Gasteiger partial charge in [-0.25, -0.2) is 8.42 Å². The summed E-state index contributed by atoms with van der Waals surface area (Å²) in [6.07, 6.45) is -7.77. The SMILES string of the molecule is CCC(C)(C)C(=O)OC12CC3CC(C1)CC(C(=O)OC(CS(=O)(=O)[O-])C(F)(F)F)(C3)C2.CCC(OC(=O)C12CC3CC(CC(OC(=O)C(C)(C)CC)(C3)C1)C2)C(F)(F)F.c1ccc(-[s+]2c3ccccc3c3ccccc32)cc1.c1ccc([S+]2c3ccccc3Oc3ccccc32)cc1. The summed E-state index contributed by atoms with van der Waals surface area (Å²) < 4.78 is 142. The van der Waals surface area contributed by atoms with Crippen LogP contribution in [0.25, 0.3) is 25.1 Å². The lowest BCUT2D eigenvalue weighted by atomic mass is 9.48. The predicted octanol–water partition coefficient (Wildman–Crippen LogP) is 19.1. The molecule has 6 unspecified atom stereocenters. The molecule has 0 spiro atoms. The molecule has 0 amide bonds. The van der Waals surface area contributed by atoms with E-state index in [0.29, 0.717) is 64.2 Å². The van der Waals surface area contributed by atoms with Crippen LogP contribution in [0, 0.1) is 45.3 Å². The maximum atomic E-state index is 13.3. The van der Waals surface area contributed by atoms with Crippen LogP contribution in [0.3, 0.4) is 0 Å². The maximum absolute atomic E-state index is 13.3. The van der Waals surface area contributed by atoms with E-state index in [2.05, 4.69) is 138 Å². The van der Waals surface area contributed by atoms with E-state index < -0.39 is 91.2 Å².